The van der Waals surface area contributed by atoms with Crippen LogP contribution in [0.1, 0.15) is 19.3 Å². The number of rotatable bonds is 4. The zero-order valence-electron chi connectivity index (χ0n) is 8.80. The van der Waals surface area contributed by atoms with Crippen molar-refractivity contribution in [1.82, 2.24) is 0 Å². The molecule has 3 heteroatoms. The number of nitrogens with two attached hydrogens (primary N) is 1. The first kappa shape index (κ1) is 10.4. The van der Waals surface area contributed by atoms with Crippen LogP contribution in [0, 0.1) is 11.2 Å². The molecule has 1 fully saturated rings. The van der Waals surface area contributed by atoms with Crippen molar-refractivity contribution in [2.45, 2.75) is 19.3 Å². The lowest BCUT2D eigenvalue weighted by molar-refractivity contribution is 0.163. The van der Waals surface area contributed by atoms with Gasteiger partial charge in [-0.15, -0.1) is 0 Å². The van der Waals surface area contributed by atoms with Gasteiger partial charge in [-0.3, -0.25) is 0 Å². The summed E-state index contributed by atoms with van der Waals surface area (Å²) in [5, 5.41) is 3.32. The summed E-state index contributed by atoms with van der Waals surface area (Å²) in [6.07, 6.45) is 3.69. The van der Waals surface area contributed by atoms with Gasteiger partial charge < -0.3 is 11.1 Å². The van der Waals surface area contributed by atoms with Crippen LogP contribution in [0.5, 0.6) is 0 Å². The van der Waals surface area contributed by atoms with E-state index in [2.05, 4.69) is 5.32 Å². The molecule has 2 nitrogen and oxygen atoms in total. The van der Waals surface area contributed by atoms with Gasteiger partial charge in [0.2, 0.25) is 0 Å². The van der Waals surface area contributed by atoms with E-state index in [1.165, 1.54) is 31.4 Å². The van der Waals surface area contributed by atoms with Gasteiger partial charge in [-0.05, 0) is 49.1 Å². The monoisotopic (exact) mass is 208 g/mol. The Balaban J connectivity index is 1.90. The molecule has 3 N–H and O–H groups in total. The molecule has 0 atom stereocenters. The van der Waals surface area contributed by atoms with Crippen molar-refractivity contribution >= 4 is 5.69 Å². The summed E-state index contributed by atoms with van der Waals surface area (Å²) in [5.41, 5.74) is 7.01. The lowest BCUT2D eigenvalue weighted by Gasteiger charge is -2.41. The third-order valence-corrected chi connectivity index (χ3v) is 3.36. The average Bonchev–Trinajstić information content (AvgIpc) is 2.20. The molecular formula is C12H17FN2. The summed E-state index contributed by atoms with van der Waals surface area (Å²) in [7, 11) is 0. The summed E-state index contributed by atoms with van der Waals surface area (Å²) in [6.45, 7) is 1.64. The molecule has 1 aliphatic carbocycles. The number of nitrogens with one attached hydrogen (secondary N) is 1. The maximum absolute atomic E-state index is 12.7. The minimum atomic E-state index is -0.197. The Bertz CT molecular complexity index is 311. The quantitative estimate of drug-likeness (QED) is 0.797. The second-order valence-electron chi connectivity index (χ2n) is 4.42. The van der Waals surface area contributed by atoms with E-state index in [1.54, 1.807) is 12.1 Å². The van der Waals surface area contributed by atoms with Gasteiger partial charge in [-0.25, -0.2) is 4.39 Å². The maximum Gasteiger partial charge on any atom is 0.123 e. The maximum atomic E-state index is 12.7. The van der Waals surface area contributed by atoms with Gasteiger partial charge in [0.25, 0.3) is 0 Å². The van der Waals surface area contributed by atoms with Gasteiger partial charge in [0.1, 0.15) is 5.82 Å². The molecule has 2 rings (SSSR count). The zero-order chi connectivity index (χ0) is 10.7. The van der Waals surface area contributed by atoms with Crippen LogP contribution in [0.15, 0.2) is 24.3 Å². The smallest absolute Gasteiger partial charge is 0.123 e. The highest BCUT2D eigenvalue weighted by Gasteiger charge is 2.35. The van der Waals surface area contributed by atoms with Crippen molar-refractivity contribution in [2.75, 3.05) is 18.4 Å². The molecule has 0 aromatic heterocycles. The predicted octanol–water partition coefficient (Wildman–Crippen LogP) is 2.37. The molecule has 0 aliphatic heterocycles. The van der Waals surface area contributed by atoms with Crippen molar-refractivity contribution in [3.8, 4) is 0 Å². The van der Waals surface area contributed by atoms with E-state index in [9.17, 15) is 4.39 Å². The van der Waals surface area contributed by atoms with Crippen molar-refractivity contribution in [1.29, 1.82) is 0 Å². The molecule has 0 bridgehead atoms. The highest BCUT2D eigenvalue weighted by atomic mass is 19.1. The Kier molecular flexibility index (Phi) is 2.91. The number of halogens is 1. The summed E-state index contributed by atoms with van der Waals surface area (Å²) in [5.74, 6) is -0.197. The van der Waals surface area contributed by atoms with Crippen LogP contribution in [-0.4, -0.2) is 13.1 Å². The molecule has 15 heavy (non-hydrogen) atoms. The fourth-order valence-corrected chi connectivity index (χ4v) is 1.99. The topological polar surface area (TPSA) is 38.0 Å². The van der Waals surface area contributed by atoms with Crippen LogP contribution < -0.4 is 11.1 Å². The van der Waals surface area contributed by atoms with Crippen LogP contribution in [0.2, 0.25) is 0 Å². The molecule has 82 valence electrons. The van der Waals surface area contributed by atoms with Crippen LogP contribution in [0.3, 0.4) is 0 Å². The molecule has 0 amide bonds. The van der Waals surface area contributed by atoms with E-state index in [0.717, 1.165) is 18.8 Å². The van der Waals surface area contributed by atoms with Crippen molar-refractivity contribution in [3.05, 3.63) is 30.1 Å². The highest BCUT2D eigenvalue weighted by Crippen LogP contribution is 2.39. The van der Waals surface area contributed by atoms with E-state index < -0.39 is 0 Å². The van der Waals surface area contributed by atoms with E-state index in [-0.39, 0.29) is 11.2 Å². The van der Waals surface area contributed by atoms with E-state index in [4.69, 9.17) is 5.73 Å². The van der Waals surface area contributed by atoms with Gasteiger partial charge in [0, 0.05) is 12.2 Å². The molecule has 1 aliphatic rings. The van der Waals surface area contributed by atoms with E-state index >= 15 is 0 Å². The zero-order valence-corrected chi connectivity index (χ0v) is 8.80. The number of hydrogen-bond donors (Lipinski definition) is 2. The Hall–Kier alpha value is -1.09. The summed E-state index contributed by atoms with van der Waals surface area (Å²) in [4.78, 5) is 0. The Morgan fingerprint density at radius 2 is 1.93 bits per heavy atom. The molecule has 1 aromatic rings. The first-order chi connectivity index (χ1) is 7.24. The number of hydrogen-bond acceptors (Lipinski definition) is 2. The Morgan fingerprint density at radius 3 is 2.40 bits per heavy atom. The van der Waals surface area contributed by atoms with E-state index in [1.807, 2.05) is 0 Å². The molecule has 0 unspecified atom stereocenters. The standard InChI is InChI=1S/C12H17FN2/c13-10-2-4-11(5-3-10)15-9-12(8-14)6-1-7-12/h2-5,15H,1,6-9,14H2. The second kappa shape index (κ2) is 4.19. The summed E-state index contributed by atoms with van der Waals surface area (Å²) >= 11 is 0. The van der Waals surface area contributed by atoms with Crippen molar-refractivity contribution in [2.24, 2.45) is 11.1 Å². The SMILES string of the molecule is NCC1(CNc2ccc(F)cc2)CCC1. The third-order valence-electron chi connectivity index (χ3n) is 3.36. The Labute approximate surface area is 89.7 Å². The molecule has 0 heterocycles. The number of anilines is 1. The van der Waals surface area contributed by atoms with Crippen LogP contribution in [0.25, 0.3) is 0 Å². The Morgan fingerprint density at radius 1 is 1.27 bits per heavy atom. The first-order valence-corrected chi connectivity index (χ1v) is 5.44. The number of benzene rings is 1. The first-order valence-electron chi connectivity index (χ1n) is 5.44. The van der Waals surface area contributed by atoms with E-state index in [0.29, 0.717) is 0 Å². The van der Waals surface area contributed by atoms with Gasteiger partial charge in [0.05, 0.1) is 0 Å². The second-order valence-corrected chi connectivity index (χ2v) is 4.42. The van der Waals surface area contributed by atoms with Crippen LogP contribution >= 0.6 is 0 Å². The molecular weight excluding hydrogens is 191 g/mol. The lowest BCUT2D eigenvalue weighted by Crippen LogP contribution is -2.42. The normalized spacial score (nSPS) is 18.3. The fraction of sp³-hybridized carbons (Fsp3) is 0.500. The van der Waals surface area contributed by atoms with Gasteiger partial charge in [0.15, 0.2) is 0 Å². The van der Waals surface area contributed by atoms with Crippen LogP contribution in [0.4, 0.5) is 10.1 Å². The molecule has 0 radical (unpaired) electrons. The van der Waals surface area contributed by atoms with Gasteiger partial charge >= 0.3 is 0 Å². The minimum Gasteiger partial charge on any atom is -0.384 e. The molecule has 0 saturated heterocycles. The summed E-state index contributed by atoms with van der Waals surface area (Å²) in [6, 6.07) is 6.47. The summed E-state index contributed by atoms with van der Waals surface area (Å²) < 4.78 is 12.7. The molecule has 1 aromatic carbocycles. The third kappa shape index (κ3) is 2.29. The minimum absolute atomic E-state index is 0.197. The fourth-order valence-electron chi connectivity index (χ4n) is 1.99. The van der Waals surface area contributed by atoms with Gasteiger partial charge in [-0.1, -0.05) is 6.42 Å². The molecule has 1 saturated carbocycles. The molecule has 0 spiro atoms. The van der Waals surface area contributed by atoms with Crippen molar-refractivity contribution in [3.63, 3.8) is 0 Å². The van der Waals surface area contributed by atoms with Crippen LogP contribution in [-0.2, 0) is 0 Å². The average molecular weight is 208 g/mol. The predicted molar refractivity (Wildman–Crippen MR) is 60.2 cm³/mol. The largest absolute Gasteiger partial charge is 0.384 e. The highest BCUT2D eigenvalue weighted by molar-refractivity contribution is 5.43. The van der Waals surface area contributed by atoms with Crippen molar-refractivity contribution < 1.29 is 4.39 Å². The lowest BCUT2D eigenvalue weighted by atomic mass is 9.69. The van der Waals surface area contributed by atoms with Gasteiger partial charge in [-0.2, -0.15) is 0 Å².